The molecule has 10 aromatic rings. The molecule has 10 aromatic carbocycles. The first-order chi connectivity index (χ1) is 50.1. The van der Waals surface area contributed by atoms with Gasteiger partial charge in [-0.15, -0.1) is 0 Å². The summed E-state index contributed by atoms with van der Waals surface area (Å²) in [6.45, 7) is 30.7. The lowest BCUT2D eigenvalue weighted by Crippen LogP contribution is -2.24. The average Bonchev–Trinajstić information content (AvgIpc) is 0.768. The molecule has 18 nitrogen and oxygen atoms in total. The molecule has 108 heavy (non-hydrogen) atoms. The topological polar surface area (TPSA) is 279 Å². The Morgan fingerprint density at radius 2 is 0.278 bits per heavy atom. The number of hydrogen-bond acceptors (Lipinski definition) is 18. The Balaban J connectivity index is 1.34. The SMILES string of the molecule is CC(C)(C)OC(=O)c1cc(-c2cc(-c3cc(-c4cc(-c5ccc(O)c(C(=O)OC(C)(C)C)c5)cc(-c5ccc(O)c(C(=O)OC(C)(C)C)c5)c4)cc(-c4cc(-c5ccc(O)c(C(=O)OC(C)(C)C)c5)cc(-c5ccc(O)c(C(=O)OC(C)(C)C)c5)c4)c3)cc(-c3ccc(O)c(C(=O)OC(C)(C)C)c3)c2)ccc1O. The lowest BCUT2D eigenvalue weighted by atomic mass is 9.86. The van der Waals surface area contributed by atoms with Crippen molar-refractivity contribution >= 4 is 35.8 Å². The zero-order chi connectivity index (χ0) is 79.2. The molecule has 0 heterocycles. The molecule has 0 radical (unpaired) electrons. The molecule has 18 heteroatoms. The summed E-state index contributed by atoms with van der Waals surface area (Å²) in [4.78, 5) is 83.7. The molecule has 0 spiro atoms. The molecule has 6 N–H and O–H groups in total. The van der Waals surface area contributed by atoms with Crippen LogP contribution in [0.15, 0.2) is 182 Å². The second-order valence-electron chi connectivity index (χ2n) is 32.6. The summed E-state index contributed by atoms with van der Waals surface area (Å²) >= 11 is 0. The number of benzene rings is 10. The van der Waals surface area contributed by atoms with Crippen LogP contribution >= 0.6 is 0 Å². The Morgan fingerprint density at radius 1 is 0.176 bits per heavy atom. The van der Waals surface area contributed by atoms with Crippen LogP contribution in [0.1, 0.15) is 187 Å². The summed E-state index contributed by atoms with van der Waals surface area (Å²) in [5.41, 5.74) is 2.48. The van der Waals surface area contributed by atoms with Gasteiger partial charge in [0.1, 0.15) is 101 Å². The van der Waals surface area contributed by atoms with E-state index in [4.69, 9.17) is 28.4 Å². The van der Waals surface area contributed by atoms with Crippen LogP contribution < -0.4 is 0 Å². The van der Waals surface area contributed by atoms with E-state index < -0.39 is 69.4 Å². The Hall–Kier alpha value is -12.2. The number of aromatic hydroxyl groups is 6. The lowest BCUT2D eigenvalue weighted by Gasteiger charge is -2.21. The van der Waals surface area contributed by atoms with E-state index in [1.54, 1.807) is 161 Å². The van der Waals surface area contributed by atoms with Crippen LogP contribution in [0.3, 0.4) is 0 Å². The molecule has 0 unspecified atom stereocenters. The first kappa shape index (κ1) is 78.4. The van der Waals surface area contributed by atoms with Crippen molar-refractivity contribution in [1.29, 1.82) is 0 Å². The fraction of sp³-hybridized carbons (Fsp3) is 0.267. The molecular weight excluding hydrogens is 1370 g/mol. The first-order valence-corrected chi connectivity index (χ1v) is 35.1. The Bertz CT molecular complexity index is 4430. The largest absolute Gasteiger partial charge is 0.507 e. The fourth-order valence-electron chi connectivity index (χ4n) is 11.8. The van der Waals surface area contributed by atoms with Gasteiger partial charge in [0.25, 0.3) is 0 Å². The van der Waals surface area contributed by atoms with Crippen molar-refractivity contribution in [2.75, 3.05) is 0 Å². The van der Waals surface area contributed by atoms with Crippen LogP contribution in [-0.2, 0) is 28.4 Å². The Kier molecular flexibility index (Phi) is 21.5. The van der Waals surface area contributed by atoms with E-state index in [0.29, 0.717) is 100 Å². The van der Waals surface area contributed by atoms with Gasteiger partial charge in [0.05, 0.1) is 0 Å². The average molecular weight is 1460 g/mol. The van der Waals surface area contributed by atoms with Crippen LogP contribution in [0.2, 0.25) is 0 Å². The molecule has 0 amide bonds. The highest BCUT2D eigenvalue weighted by atomic mass is 16.6. The van der Waals surface area contributed by atoms with Crippen molar-refractivity contribution < 1.29 is 87.8 Å². The van der Waals surface area contributed by atoms with Gasteiger partial charge in [0.2, 0.25) is 0 Å². The zero-order valence-electron chi connectivity index (χ0n) is 63.9. The van der Waals surface area contributed by atoms with E-state index in [0.717, 1.165) is 0 Å². The molecule has 0 aliphatic heterocycles. The van der Waals surface area contributed by atoms with Crippen molar-refractivity contribution in [3.63, 3.8) is 0 Å². The Labute approximate surface area is 628 Å². The van der Waals surface area contributed by atoms with Gasteiger partial charge >= 0.3 is 35.8 Å². The molecule has 0 saturated heterocycles. The monoisotopic (exact) mass is 1460 g/mol. The van der Waals surface area contributed by atoms with Crippen LogP contribution in [-0.4, -0.2) is 100 Å². The minimum absolute atomic E-state index is 0.126. The van der Waals surface area contributed by atoms with E-state index in [9.17, 15) is 59.4 Å². The third-order valence-corrected chi connectivity index (χ3v) is 16.4. The minimum Gasteiger partial charge on any atom is -0.507 e. The fourth-order valence-corrected chi connectivity index (χ4v) is 11.8. The summed E-state index contributed by atoms with van der Waals surface area (Å²) in [5, 5.41) is 67.9. The maximum atomic E-state index is 13.9. The minimum atomic E-state index is -0.943. The summed E-state index contributed by atoms with van der Waals surface area (Å²) in [7, 11) is 0. The molecule has 558 valence electrons. The second-order valence-corrected chi connectivity index (χ2v) is 32.6. The summed E-state index contributed by atoms with van der Waals surface area (Å²) < 4.78 is 34.7. The van der Waals surface area contributed by atoms with Gasteiger partial charge in [-0.25, -0.2) is 28.8 Å². The van der Waals surface area contributed by atoms with Crippen molar-refractivity contribution in [3.05, 3.63) is 215 Å². The highest BCUT2D eigenvalue weighted by molar-refractivity contribution is 6.01. The molecule has 0 fully saturated rings. The van der Waals surface area contributed by atoms with Gasteiger partial charge in [-0.3, -0.25) is 0 Å². The quantitative estimate of drug-likeness (QED) is 0.0411. The van der Waals surface area contributed by atoms with Crippen molar-refractivity contribution in [1.82, 2.24) is 0 Å². The number of hydrogen-bond donors (Lipinski definition) is 6. The van der Waals surface area contributed by atoms with Gasteiger partial charge in [-0.05, 0) is 370 Å². The van der Waals surface area contributed by atoms with Gasteiger partial charge in [0, 0.05) is 0 Å². The van der Waals surface area contributed by atoms with E-state index in [-0.39, 0.29) is 67.9 Å². The highest BCUT2D eigenvalue weighted by Crippen LogP contribution is 2.45. The van der Waals surface area contributed by atoms with E-state index in [2.05, 4.69) is 0 Å². The van der Waals surface area contributed by atoms with Crippen molar-refractivity contribution in [2.24, 2.45) is 0 Å². The highest BCUT2D eigenvalue weighted by Gasteiger charge is 2.29. The van der Waals surface area contributed by atoms with Gasteiger partial charge in [-0.2, -0.15) is 0 Å². The number of carbonyl (C=O) groups is 6. The third-order valence-electron chi connectivity index (χ3n) is 16.4. The first-order valence-electron chi connectivity index (χ1n) is 35.1. The lowest BCUT2D eigenvalue weighted by molar-refractivity contribution is 0.00538. The predicted molar refractivity (Wildman–Crippen MR) is 416 cm³/mol. The van der Waals surface area contributed by atoms with Crippen molar-refractivity contribution in [3.8, 4) is 135 Å². The maximum absolute atomic E-state index is 13.9. The van der Waals surface area contributed by atoms with Crippen LogP contribution in [0.25, 0.3) is 100 Å². The second kappa shape index (κ2) is 29.6. The Morgan fingerprint density at radius 3 is 0.380 bits per heavy atom. The van der Waals surface area contributed by atoms with E-state index in [1.165, 1.54) is 72.8 Å². The molecule has 10 rings (SSSR count). The normalized spacial score (nSPS) is 12.1. The molecule has 0 saturated carbocycles. The predicted octanol–water partition coefficient (Wildman–Crippen LogP) is 20.7. The number of rotatable bonds is 15. The van der Waals surface area contributed by atoms with Gasteiger partial charge < -0.3 is 59.1 Å². The van der Waals surface area contributed by atoms with Crippen LogP contribution in [0.5, 0.6) is 34.5 Å². The van der Waals surface area contributed by atoms with Gasteiger partial charge in [0.15, 0.2) is 0 Å². The molecule has 0 bridgehead atoms. The van der Waals surface area contributed by atoms with Gasteiger partial charge in [-0.1, -0.05) is 36.4 Å². The molecule has 0 aliphatic rings. The van der Waals surface area contributed by atoms with Crippen LogP contribution in [0.4, 0.5) is 0 Å². The molecule has 0 atom stereocenters. The van der Waals surface area contributed by atoms with Crippen LogP contribution in [0, 0.1) is 0 Å². The standard InChI is InChI=1S/C90H90O18/c1-85(2,3)103-79(97)67-43-49(19-25-73(67)91)55-31-56(50-20-26-74(92)68(44-50)80(98)104-86(4,5)6)35-61(34-55)64-40-65(62-36-57(51-21-27-75(93)69(45-51)81(99)105-87(7,8)9)32-58(37-62)52-22-28-76(94)70(46-52)82(100)106-88(10,11)12)42-66(41-64)63-38-59(53-23-29-77(95)71(47-53)83(101)107-89(13,14)15)33-60(39-63)54-24-30-78(96)72(48-54)84(102)108-90(16,17)18/h19-48,91-96H,1-18H3. The molecule has 0 aliphatic carbocycles. The smallest absolute Gasteiger partial charge is 0.342 e. The van der Waals surface area contributed by atoms with E-state index >= 15 is 0 Å². The number of phenols is 6. The van der Waals surface area contributed by atoms with E-state index in [1.807, 2.05) is 72.8 Å². The zero-order valence-corrected chi connectivity index (χ0v) is 63.9. The summed E-state index contributed by atoms with van der Waals surface area (Å²) in [5.74, 6) is -6.77. The number of ether oxygens (including phenoxy) is 6. The molecule has 0 aromatic heterocycles. The third kappa shape index (κ3) is 19.5. The van der Waals surface area contributed by atoms with Crippen molar-refractivity contribution in [2.45, 2.75) is 158 Å². The number of phenolic OH excluding ortho intramolecular Hbond substituents is 6. The summed E-state index contributed by atoms with van der Waals surface area (Å²) in [6.07, 6.45) is 0. The maximum Gasteiger partial charge on any atom is 0.342 e. The molecular formula is C90H90O18. The number of esters is 6. The number of carbonyl (C=O) groups excluding carboxylic acids is 6. The summed E-state index contributed by atoms with van der Waals surface area (Å²) in [6, 6.07) is 49.8.